The Kier molecular flexibility index (Phi) is 6.68. The molecule has 0 unspecified atom stereocenters. The molecule has 2 aromatic carbocycles. The molecule has 1 amide bonds. The zero-order valence-corrected chi connectivity index (χ0v) is 16.8. The maximum absolute atomic E-state index is 12.7. The van der Waals surface area contributed by atoms with Crippen LogP contribution in [0, 0.1) is 0 Å². The predicted molar refractivity (Wildman–Crippen MR) is 115 cm³/mol. The molecule has 2 N–H and O–H groups in total. The molecule has 6 nitrogen and oxygen atoms in total. The number of nitrogens with zero attached hydrogens (tertiary/aromatic N) is 1. The highest BCUT2D eigenvalue weighted by Crippen LogP contribution is 2.25. The van der Waals surface area contributed by atoms with Crippen molar-refractivity contribution in [2.75, 3.05) is 17.7 Å². The lowest BCUT2D eigenvalue weighted by Gasteiger charge is -2.15. The third-order valence-corrected chi connectivity index (χ3v) is 4.15. The van der Waals surface area contributed by atoms with Crippen molar-refractivity contribution in [2.24, 2.45) is 0 Å². The van der Waals surface area contributed by atoms with Gasteiger partial charge >= 0.3 is 0 Å². The van der Waals surface area contributed by atoms with Gasteiger partial charge in [0.25, 0.3) is 5.91 Å². The van der Waals surface area contributed by atoms with Crippen molar-refractivity contribution >= 4 is 17.3 Å². The predicted octanol–water partition coefficient (Wildman–Crippen LogP) is 4.74. The molecule has 6 heteroatoms. The molecule has 1 heterocycles. The van der Waals surface area contributed by atoms with Gasteiger partial charge in [0.1, 0.15) is 11.5 Å². The summed E-state index contributed by atoms with van der Waals surface area (Å²) in [6, 6.07) is 17.0. The monoisotopic (exact) mass is 391 g/mol. The van der Waals surface area contributed by atoms with Gasteiger partial charge in [-0.1, -0.05) is 24.3 Å². The van der Waals surface area contributed by atoms with E-state index in [0.717, 1.165) is 17.0 Å². The molecular formula is C23H25N3O3. The fraction of sp³-hybridized carbons (Fsp3) is 0.217. The van der Waals surface area contributed by atoms with Crippen molar-refractivity contribution in [3.63, 3.8) is 0 Å². The van der Waals surface area contributed by atoms with E-state index < -0.39 is 0 Å². The standard InChI is InChI=1S/C23H25N3O3/c1-16(2)29-22-7-5-4-6-21(22)26-23(27)18-12-19(15-24-14-18)25-13-17-8-10-20(28-3)11-9-17/h4-12,14-16,25H,13H2,1-3H3,(H,26,27). The summed E-state index contributed by atoms with van der Waals surface area (Å²) in [4.78, 5) is 16.9. The number of hydrogen-bond acceptors (Lipinski definition) is 5. The van der Waals surface area contributed by atoms with E-state index in [-0.39, 0.29) is 12.0 Å². The highest BCUT2D eigenvalue weighted by atomic mass is 16.5. The lowest BCUT2D eigenvalue weighted by molar-refractivity contribution is 0.102. The van der Waals surface area contributed by atoms with E-state index in [4.69, 9.17) is 9.47 Å². The highest BCUT2D eigenvalue weighted by Gasteiger charge is 2.11. The van der Waals surface area contributed by atoms with Gasteiger partial charge in [-0.2, -0.15) is 0 Å². The van der Waals surface area contributed by atoms with Crippen molar-refractivity contribution in [2.45, 2.75) is 26.5 Å². The van der Waals surface area contributed by atoms with E-state index in [1.807, 2.05) is 62.4 Å². The summed E-state index contributed by atoms with van der Waals surface area (Å²) in [5, 5.41) is 6.19. The lowest BCUT2D eigenvalue weighted by Crippen LogP contribution is -2.15. The molecule has 0 aliphatic heterocycles. The second kappa shape index (κ2) is 9.59. The fourth-order valence-electron chi connectivity index (χ4n) is 2.73. The summed E-state index contributed by atoms with van der Waals surface area (Å²) in [6.45, 7) is 4.50. The fourth-order valence-corrected chi connectivity index (χ4v) is 2.73. The van der Waals surface area contributed by atoms with Crippen LogP contribution in [0.3, 0.4) is 0 Å². The Morgan fingerprint density at radius 1 is 1.07 bits per heavy atom. The number of hydrogen-bond donors (Lipinski definition) is 2. The number of pyridine rings is 1. The summed E-state index contributed by atoms with van der Waals surface area (Å²) < 4.78 is 10.9. The molecule has 0 saturated carbocycles. The molecule has 1 aromatic heterocycles. The number of amides is 1. The molecule has 0 radical (unpaired) electrons. The molecule has 0 aliphatic rings. The molecule has 29 heavy (non-hydrogen) atoms. The van der Waals surface area contributed by atoms with E-state index in [2.05, 4.69) is 15.6 Å². The first-order valence-electron chi connectivity index (χ1n) is 9.44. The average molecular weight is 391 g/mol. The lowest BCUT2D eigenvalue weighted by atomic mass is 10.2. The van der Waals surface area contributed by atoms with Gasteiger partial charge in [-0.25, -0.2) is 0 Å². The molecule has 0 saturated heterocycles. The average Bonchev–Trinajstić information content (AvgIpc) is 2.74. The Morgan fingerprint density at radius 3 is 2.55 bits per heavy atom. The van der Waals surface area contributed by atoms with Crippen molar-refractivity contribution in [3.8, 4) is 11.5 Å². The van der Waals surface area contributed by atoms with E-state index >= 15 is 0 Å². The first kappa shape index (κ1) is 20.2. The summed E-state index contributed by atoms with van der Waals surface area (Å²) >= 11 is 0. The van der Waals surface area contributed by atoms with Crippen molar-refractivity contribution in [1.29, 1.82) is 0 Å². The summed E-state index contributed by atoms with van der Waals surface area (Å²) in [5.74, 6) is 1.21. The molecule has 0 atom stereocenters. The highest BCUT2D eigenvalue weighted by molar-refractivity contribution is 6.05. The number of carbonyl (C=O) groups excluding carboxylic acids is 1. The zero-order chi connectivity index (χ0) is 20.6. The smallest absolute Gasteiger partial charge is 0.257 e. The largest absolute Gasteiger partial charge is 0.497 e. The van der Waals surface area contributed by atoms with Crippen LogP contribution < -0.4 is 20.1 Å². The molecular weight excluding hydrogens is 366 g/mol. The van der Waals surface area contributed by atoms with Gasteiger partial charge in [-0.15, -0.1) is 0 Å². The van der Waals surface area contributed by atoms with E-state index in [9.17, 15) is 4.79 Å². The quantitative estimate of drug-likeness (QED) is 0.580. The van der Waals surface area contributed by atoms with Gasteiger partial charge in [0.2, 0.25) is 0 Å². The maximum Gasteiger partial charge on any atom is 0.257 e. The molecule has 0 bridgehead atoms. The minimum absolute atomic E-state index is 0.0141. The van der Waals surface area contributed by atoms with Gasteiger partial charge in [0.05, 0.1) is 30.2 Å². The van der Waals surface area contributed by atoms with Crippen LogP contribution in [0.15, 0.2) is 67.0 Å². The van der Waals surface area contributed by atoms with Gasteiger partial charge in [-0.3, -0.25) is 9.78 Å². The zero-order valence-electron chi connectivity index (χ0n) is 16.8. The van der Waals surface area contributed by atoms with Crippen molar-refractivity contribution < 1.29 is 14.3 Å². The van der Waals surface area contributed by atoms with Gasteiger partial charge in [0.15, 0.2) is 0 Å². The Balaban J connectivity index is 1.66. The minimum atomic E-state index is -0.245. The number of rotatable bonds is 8. The molecule has 3 aromatic rings. The Bertz CT molecular complexity index is 956. The van der Waals surface area contributed by atoms with Crippen LogP contribution in [-0.4, -0.2) is 24.1 Å². The summed E-state index contributed by atoms with van der Waals surface area (Å²) in [5.41, 5.74) is 2.95. The third kappa shape index (κ3) is 5.72. The molecule has 0 aliphatic carbocycles. The third-order valence-electron chi connectivity index (χ3n) is 4.15. The van der Waals surface area contributed by atoms with Crippen LogP contribution >= 0.6 is 0 Å². The van der Waals surface area contributed by atoms with E-state index in [1.54, 1.807) is 25.6 Å². The topological polar surface area (TPSA) is 72.5 Å². The number of benzene rings is 2. The number of methoxy groups -OCH3 is 1. The second-order valence-corrected chi connectivity index (χ2v) is 6.78. The van der Waals surface area contributed by atoms with Crippen LogP contribution in [0.4, 0.5) is 11.4 Å². The number of carbonyl (C=O) groups is 1. The van der Waals surface area contributed by atoms with E-state index in [0.29, 0.717) is 23.5 Å². The van der Waals surface area contributed by atoms with Crippen LogP contribution in [0.25, 0.3) is 0 Å². The Labute approximate surface area is 170 Å². The number of ether oxygens (including phenoxy) is 2. The van der Waals surface area contributed by atoms with E-state index in [1.165, 1.54) is 0 Å². The van der Waals surface area contributed by atoms with Crippen molar-refractivity contribution in [1.82, 2.24) is 4.98 Å². The first-order valence-corrected chi connectivity index (χ1v) is 9.44. The second-order valence-electron chi connectivity index (χ2n) is 6.78. The summed E-state index contributed by atoms with van der Waals surface area (Å²) in [7, 11) is 1.64. The normalized spacial score (nSPS) is 10.5. The van der Waals surface area contributed by atoms with Crippen LogP contribution in [0.2, 0.25) is 0 Å². The van der Waals surface area contributed by atoms with Crippen LogP contribution in [-0.2, 0) is 6.54 Å². The maximum atomic E-state index is 12.7. The Hall–Kier alpha value is -3.54. The van der Waals surface area contributed by atoms with Gasteiger partial charge in [0, 0.05) is 18.9 Å². The number of anilines is 2. The molecule has 150 valence electrons. The summed E-state index contributed by atoms with van der Waals surface area (Å²) in [6.07, 6.45) is 3.25. The minimum Gasteiger partial charge on any atom is -0.497 e. The van der Waals surface area contributed by atoms with Gasteiger partial charge in [-0.05, 0) is 49.7 Å². The molecule has 3 rings (SSSR count). The van der Waals surface area contributed by atoms with Crippen molar-refractivity contribution in [3.05, 3.63) is 78.1 Å². The van der Waals surface area contributed by atoms with Gasteiger partial charge < -0.3 is 20.1 Å². The molecule has 0 spiro atoms. The number of para-hydroxylation sites is 2. The number of aromatic nitrogens is 1. The Morgan fingerprint density at radius 2 is 1.83 bits per heavy atom. The first-order chi connectivity index (χ1) is 14.0. The van der Waals surface area contributed by atoms with Crippen LogP contribution in [0.1, 0.15) is 29.8 Å². The SMILES string of the molecule is COc1ccc(CNc2cncc(C(=O)Nc3ccccc3OC(C)C)c2)cc1. The number of nitrogens with one attached hydrogen (secondary N) is 2. The van der Waals surface area contributed by atoms with Crippen LogP contribution in [0.5, 0.6) is 11.5 Å². The molecule has 0 fully saturated rings.